The summed E-state index contributed by atoms with van der Waals surface area (Å²) in [6.45, 7) is 4.45. The van der Waals surface area contributed by atoms with Crippen LogP contribution in [0.2, 0.25) is 5.02 Å². The first-order valence-electron chi connectivity index (χ1n) is 9.39. The van der Waals surface area contributed by atoms with Crippen LogP contribution in [0.5, 0.6) is 11.5 Å². The number of nitrogens with zero attached hydrogens (tertiary/aromatic N) is 1. The zero-order valence-electron chi connectivity index (χ0n) is 17.1. The summed E-state index contributed by atoms with van der Waals surface area (Å²) in [5.74, 6) is 0.125. The van der Waals surface area contributed by atoms with E-state index in [1.54, 1.807) is 12.1 Å². The molecule has 0 spiro atoms. The highest BCUT2D eigenvalue weighted by Crippen LogP contribution is 2.38. The maximum absolute atomic E-state index is 12.8. The van der Waals surface area contributed by atoms with Crippen LogP contribution in [-0.4, -0.2) is 42.3 Å². The standard InChI is InChI=1S/C21H20ClNO7S/c1-4-28-16-8-12(14(22)10-17(16)29-5-2)9-18-19(24)23(21(26)31-18)11-13-6-7-15(30-13)20(25)27-3/h6-10H,4-5,11H2,1-3H3. The highest BCUT2D eigenvalue weighted by Gasteiger charge is 2.36. The van der Waals surface area contributed by atoms with Gasteiger partial charge in [-0.15, -0.1) is 0 Å². The lowest BCUT2D eigenvalue weighted by Crippen LogP contribution is -2.27. The Morgan fingerprint density at radius 3 is 2.48 bits per heavy atom. The fraction of sp³-hybridized carbons (Fsp3) is 0.286. The molecule has 0 saturated carbocycles. The number of imide groups is 1. The van der Waals surface area contributed by atoms with Gasteiger partial charge in [-0.3, -0.25) is 14.5 Å². The highest BCUT2D eigenvalue weighted by atomic mass is 35.5. The number of carbonyl (C=O) groups is 3. The molecular formula is C21H20ClNO7S. The van der Waals surface area contributed by atoms with E-state index in [-0.39, 0.29) is 23.0 Å². The van der Waals surface area contributed by atoms with E-state index in [1.807, 2.05) is 13.8 Å². The van der Waals surface area contributed by atoms with E-state index in [2.05, 4.69) is 4.74 Å². The van der Waals surface area contributed by atoms with Gasteiger partial charge in [0.05, 0.1) is 36.8 Å². The molecule has 2 heterocycles. The summed E-state index contributed by atoms with van der Waals surface area (Å²) >= 11 is 7.14. The van der Waals surface area contributed by atoms with Gasteiger partial charge in [0.2, 0.25) is 5.76 Å². The van der Waals surface area contributed by atoms with Gasteiger partial charge in [-0.1, -0.05) is 11.6 Å². The summed E-state index contributed by atoms with van der Waals surface area (Å²) < 4.78 is 21.1. The Bertz CT molecular complexity index is 1050. The van der Waals surface area contributed by atoms with E-state index < -0.39 is 17.1 Å². The first kappa shape index (κ1) is 22.8. The Balaban J connectivity index is 1.83. The molecule has 1 fully saturated rings. The fourth-order valence-corrected chi connectivity index (χ4v) is 3.84. The molecule has 8 nitrogen and oxygen atoms in total. The van der Waals surface area contributed by atoms with Crippen molar-refractivity contribution in [2.24, 2.45) is 0 Å². The predicted molar refractivity (Wildman–Crippen MR) is 115 cm³/mol. The minimum absolute atomic E-state index is 0.00960. The van der Waals surface area contributed by atoms with E-state index in [0.717, 1.165) is 16.7 Å². The van der Waals surface area contributed by atoms with Crippen molar-refractivity contribution in [3.8, 4) is 11.5 Å². The topological polar surface area (TPSA) is 95.3 Å². The van der Waals surface area contributed by atoms with Crippen molar-refractivity contribution in [2.75, 3.05) is 20.3 Å². The number of amides is 2. The van der Waals surface area contributed by atoms with Gasteiger partial charge in [0.25, 0.3) is 11.1 Å². The van der Waals surface area contributed by atoms with E-state index in [9.17, 15) is 14.4 Å². The van der Waals surface area contributed by atoms with Crippen molar-refractivity contribution in [1.82, 2.24) is 4.90 Å². The SMILES string of the molecule is CCOc1cc(Cl)c(C=C2SC(=O)N(Cc3ccc(C(=O)OC)o3)C2=O)cc1OCC. The summed E-state index contributed by atoms with van der Waals surface area (Å²) in [7, 11) is 1.23. The van der Waals surface area contributed by atoms with Crippen LogP contribution in [0.15, 0.2) is 33.6 Å². The number of esters is 1. The number of rotatable bonds is 8. The van der Waals surface area contributed by atoms with Crippen molar-refractivity contribution >= 4 is 46.6 Å². The van der Waals surface area contributed by atoms with Crippen LogP contribution in [0.3, 0.4) is 0 Å². The molecule has 0 atom stereocenters. The second kappa shape index (κ2) is 9.93. The molecule has 1 aromatic carbocycles. The molecule has 1 aliphatic heterocycles. The Morgan fingerprint density at radius 1 is 1.16 bits per heavy atom. The number of hydrogen-bond acceptors (Lipinski definition) is 8. The lowest BCUT2D eigenvalue weighted by Gasteiger charge is -2.13. The van der Waals surface area contributed by atoms with Crippen molar-refractivity contribution in [1.29, 1.82) is 0 Å². The maximum atomic E-state index is 12.8. The number of halogens is 1. The number of ether oxygens (including phenoxy) is 3. The molecule has 1 saturated heterocycles. The van der Waals surface area contributed by atoms with Crippen LogP contribution in [0.25, 0.3) is 6.08 Å². The van der Waals surface area contributed by atoms with Crippen LogP contribution >= 0.6 is 23.4 Å². The molecule has 0 N–H and O–H groups in total. The molecule has 2 amide bonds. The van der Waals surface area contributed by atoms with Gasteiger partial charge in [0.1, 0.15) is 5.76 Å². The van der Waals surface area contributed by atoms with Gasteiger partial charge >= 0.3 is 5.97 Å². The van der Waals surface area contributed by atoms with Crippen molar-refractivity contribution in [3.05, 3.63) is 51.3 Å². The van der Waals surface area contributed by atoms with Gasteiger partial charge < -0.3 is 18.6 Å². The van der Waals surface area contributed by atoms with E-state index in [4.69, 9.17) is 25.5 Å². The van der Waals surface area contributed by atoms with Gasteiger partial charge in [-0.05, 0) is 55.4 Å². The van der Waals surface area contributed by atoms with Crippen LogP contribution in [-0.2, 0) is 16.1 Å². The fourth-order valence-electron chi connectivity index (χ4n) is 2.80. The lowest BCUT2D eigenvalue weighted by molar-refractivity contribution is -0.123. The van der Waals surface area contributed by atoms with Crippen molar-refractivity contribution in [2.45, 2.75) is 20.4 Å². The normalized spacial score (nSPS) is 15.0. The first-order valence-corrected chi connectivity index (χ1v) is 10.6. The van der Waals surface area contributed by atoms with Crippen molar-refractivity contribution < 1.29 is 33.0 Å². The minimum atomic E-state index is -0.643. The average molecular weight is 466 g/mol. The summed E-state index contributed by atoms with van der Waals surface area (Å²) in [5, 5.41) is -0.105. The summed E-state index contributed by atoms with van der Waals surface area (Å²) in [4.78, 5) is 37.9. The van der Waals surface area contributed by atoms with Crippen LogP contribution < -0.4 is 9.47 Å². The second-order valence-corrected chi connectivity index (χ2v) is 7.61. The first-order chi connectivity index (χ1) is 14.9. The van der Waals surface area contributed by atoms with Gasteiger partial charge in [0, 0.05) is 6.07 Å². The number of hydrogen-bond donors (Lipinski definition) is 0. The van der Waals surface area contributed by atoms with Crippen LogP contribution in [0.1, 0.15) is 35.7 Å². The summed E-state index contributed by atoms with van der Waals surface area (Å²) in [6, 6.07) is 6.21. The molecule has 10 heteroatoms. The zero-order chi connectivity index (χ0) is 22.5. The molecule has 164 valence electrons. The van der Waals surface area contributed by atoms with E-state index >= 15 is 0 Å². The minimum Gasteiger partial charge on any atom is -0.490 e. The van der Waals surface area contributed by atoms with Gasteiger partial charge in [-0.25, -0.2) is 4.79 Å². The predicted octanol–water partition coefficient (Wildman–Crippen LogP) is 4.75. The molecule has 1 aliphatic rings. The Kier molecular flexibility index (Phi) is 7.29. The molecule has 3 rings (SSSR count). The largest absolute Gasteiger partial charge is 0.490 e. The van der Waals surface area contributed by atoms with Crippen LogP contribution in [0.4, 0.5) is 4.79 Å². The Hall–Kier alpha value is -2.91. The lowest BCUT2D eigenvalue weighted by atomic mass is 10.1. The maximum Gasteiger partial charge on any atom is 0.373 e. The second-order valence-electron chi connectivity index (χ2n) is 6.21. The molecular weight excluding hydrogens is 446 g/mol. The molecule has 0 aliphatic carbocycles. The molecule has 0 unspecified atom stereocenters. The molecule has 0 bridgehead atoms. The average Bonchev–Trinajstić information content (AvgIpc) is 3.31. The van der Waals surface area contributed by atoms with E-state index in [1.165, 1.54) is 25.3 Å². The smallest absolute Gasteiger partial charge is 0.373 e. The number of carbonyl (C=O) groups excluding carboxylic acids is 3. The third-order valence-corrected chi connectivity index (χ3v) is 5.42. The number of benzene rings is 1. The van der Waals surface area contributed by atoms with Gasteiger partial charge in [-0.2, -0.15) is 0 Å². The molecule has 31 heavy (non-hydrogen) atoms. The number of furan rings is 1. The molecule has 1 aromatic heterocycles. The summed E-state index contributed by atoms with van der Waals surface area (Å²) in [6.07, 6.45) is 1.54. The number of methoxy groups -OCH3 is 1. The van der Waals surface area contributed by atoms with Crippen LogP contribution in [0, 0.1) is 0 Å². The van der Waals surface area contributed by atoms with Gasteiger partial charge in [0.15, 0.2) is 11.5 Å². The number of thioether (sulfide) groups is 1. The Morgan fingerprint density at radius 2 is 1.84 bits per heavy atom. The van der Waals surface area contributed by atoms with Crippen molar-refractivity contribution in [3.63, 3.8) is 0 Å². The quantitative estimate of drug-likeness (QED) is 0.407. The monoisotopic (exact) mass is 465 g/mol. The molecule has 2 aromatic rings. The third kappa shape index (κ3) is 5.05. The Labute approximate surface area is 188 Å². The highest BCUT2D eigenvalue weighted by molar-refractivity contribution is 8.18. The summed E-state index contributed by atoms with van der Waals surface area (Å²) in [5.41, 5.74) is 0.519. The van der Waals surface area contributed by atoms with E-state index in [0.29, 0.717) is 35.3 Å². The molecule has 0 radical (unpaired) electrons. The third-order valence-electron chi connectivity index (χ3n) is 4.19. The zero-order valence-corrected chi connectivity index (χ0v) is 18.7.